The maximum absolute atomic E-state index is 11.4. The third kappa shape index (κ3) is 4.45. The Balaban J connectivity index is 3.27. The van der Waals surface area contributed by atoms with Crippen LogP contribution in [-0.2, 0) is 14.8 Å². The van der Waals surface area contributed by atoms with Crippen molar-refractivity contribution in [3.05, 3.63) is 35.4 Å². The van der Waals surface area contributed by atoms with Crippen LogP contribution in [0.25, 0.3) is 0 Å². The quantitative estimate of drug-likeness (QED) is 0.697. The molecule has 0 unspecified atom stereocenters. The summed E-state index contributed by atoms with van der Waals surface area (Å²) in [7, 11) is -4.20. The number of carboxylic acids is 1. The van der Waals surface area contributed by atoms with Crippen LogP contribution in [0.4, 0.5) is 10.5 Å². The van der Waals surface area contributed by atoms with Gasteiger partial charge in [0.15, 0.2) is 0 Å². The largest absolute Gasteiger partial charge is 0.478 e. The first-order valence-electron chi connectivity index (χ1n) is 5.31. The number of amides is 1. The summed E-state index contributed by atoms with van der Waals surface area (Å²) < 4.78 is 27.2. The van der Waals surface area contributed by atoms with Gasteiger partial charge in [-0.25, -0.2) is 23.1 Å². The van der Waals surface area contributed by atoms with E-state index in [9.17, 15) is 18.0 Å². The van der Waals surface area contributed by atoms with Crippen LogP contribution in [0.15, 0.2) is 29.7 Å². The average Bonchev–Trinajstić information content (AvgIpc) is 2.34. The smallest absolute Gasteiger partial charge is 0.411 e. The van der Waals surface area contributed by atoms with E-state index < -0.39 is 32.5 Å². The SMILES string of the molecule is C=CCOC(=O)Nc1cc(Cl)c(S(N)(=O)=O)cc1C(=O)O. The summed E-state index contributed by atoms with van der Waals surface area (Å²) >= 11 is 5.72. The Bertz CT molecular complexity index is 701. The Kier molecular flexibility index (Phi) is 5.30. The van der Waals surface area contributed by atoms with Crippen LogP contribution in [0, 0.1) is 0 Å². The molecule has 0 heterocycles. The lowest BCUT2D eigenvalue weighted by Crippen LogP contribution is -2.18. The fourth-order valence-electron chi connectivity index (χ4n) is 1.33. The van der Waals surface area contributed by atoms with E-state index in [1.54, 1.807) is 0 Å². The number of hydrogen-bond donors (Lipinski definition) is 3. The molecule has 0 spiro atoms. The van der Waals surface area contributed by atoms with Crippen molar-refractivity contribution in [3.8, 4) is 0 Å². The minimum atomic E-state index is -4.20. The monoisotopic (exact) mass is 334 g/mol. The molecule has 21 heavy (non-hydrogen) atoms. The first kappa shape index (κ1) is 17.0. The Morgan fingerprint density at radius 1 is 1.48 bits per heavy atom. The molecule has 10 heteroatoms. The molecule has 0 bridgehead atoms. The van der Waals surface area contributed by atoms with Crippen LogP contribution in [0.1, 0.15) is 10.4 Å². The van der Waals surface area contributed by atoms with E-state index in [4.69, 9.17) is 21.8 Å². The Hall–Kier alpha value is -2.10. The number of sulfonamides is 1. The highest BCUT2D eigenvalue weighted by Crippen LogP contribution is 2.28. The number of anilines is 1. The summed E-state index contributed by atoms with van der Waals surface area (Å²) in [6.45, 7) is 3.25. The number of benzene rings is 1. The van der Waals surface area contributed by atoms with Gasteiger partial charge in [-0.1, -0.05) is 24.3 Å². The molecule has 4 N–H and O–H groups in total. The van der Waals surface area contributed by atoms with Crippen molar-refractivity contribution >= 4 is 39.4 Å². The third-order valence-corrected chi connectivity index (χ3v) is 3.55. The second kappa shape index (κ2) is 6.57. The number of rotatable bonds is 5. The van der Waals surface area contributed by atoms with Gasteiger partial charge in [-0.3, -0.25) is 5.32 Å². The summed E-state index contributed by atoms with van der Waals surface area (Å²) in [5.41, 5.74) is -0.729. The molecule has 0 atom stereocenters. The lowest BCUT2D eigenvalue weighted by atomic mass is 10.2. The summed E-state index contributed by atoms with van der Waals surface area (Å²) in [6.07, 6.45) is 0.367. The maximum atomic E-state index is 11.4. The molecule has 0 fully saturated rings. The average molecular weight is 335 g/mol. The van der Waals surface area contributed by atoms with Crippen LogP contribution >= 0.6 is 11.6 Å². The van der Waals surface area contributed by atoms with Crippen molar-refractivity contribution in [1.82, 2.24) is 0 Å². The van der Waals surface area contributed by atoms with Crippen molar-refractivity contribution in [3.63, 3.8) is 0 Å². The first-order valence-corrected chi connectivity index (χ1v) is 7.23. The molecule has 1 rings (SSSR count). The zero-order valence-electron chi connectivity index (χ0n) is 10.5. The lowest BCUT2D eigenvalue weighted by molar-refractivity contribution is 0.0698. The Labute approximate surface area is 125 Å². The molecule has 8 nitrogen and oxygen atoms in total. The van der Waals surface area contributed by atoms with Crippen LogP contribution in [-0.4, -0.2) is 32.2 Å². The first-order chi connectivity index (χ1) is 9.66. The van der Waals surface area contributed by atoms with Crippen molar-refractivity contribution in [1.29, 1.82) is 0 Å². The molecule has 0 aliphatic carbocycles. The summed E-state index contributed by atoms with van der Waals surface area (Å²) in [5.74, 6) is -1.48. The molecular weight excluding hydrogens is 324 g/mol. The number of ether oxygens (including phenoxy) is 1. The van der Waals surface area contributed by atoms with E-state index in [-0.39, 0.29) is 17.3 Å². The highest BCUT2D eigenvalue weighted by atomic mass is 35.5. The van der Waals surface area contributed by atoms with E-state index in [1.165, 1.54) is 6.08 Å². The number of carbonyl (C=O) groups is 2. The van der Waals surface area contributed by atoms with Gasteiger partial charge < -0.3 is 9.84 Å². The number of nitrogens with two attached hydrogens (primary N) is 1. The van der Waals surface area contributed by atoms with Crippen LogP contribution in [0.3, 0.4) is 0 Å². The molecular formula is C11H11ClN2O6S. The molecule has 0 radical (unpaired) electrons. The van der Waals surface area contributed by atoms with Crippen LogP contribution in [0.5, 0.6) is 0 Å². The summed E-state index contributed by atoms with van der Waals surface area (Å²) in [6, 6.07) is 1.71. The third-order valence-electron chi connectivity index (χ3n) is 2.18. The van der Waals surface area contributed by atoms with E-state index in [0.717, 1.165) is 12.1 Å². The number of carbonyl (C=O) groups excluding carboxylic acids is 1. The van der Waals surface area contributed by atoms with Crippen molar-refractivity contribution in [2.45, 2.75) is 4.90 Å². The van der Waals surface area contributed by atoms with Gasteiger partial charge >= 0.3 is 12.1 Å². The van der Waals surface area contributed by atoms with Gasteiger partial charge in [-0.2, -0.15) is 0 Å². The van der Waals surface area contributed by atoms with E-state index >= 15 is 0 Å². The molecule has 0 aliphatic heterocycles. The number of carboxylic acid groups (broad SMARTS) is 1. The number of hydrogen-bond acceptors (Lipinski definition) is 5. The Morgan fingerprint density at radius 2 is 2.10 bits per heavy atom. The molecule has 1 amide bonds. The minimum absolute atomic E-state index is 0.0861. The van der Waals surface area contributed by atoms with E-state index in [0.29, 0.717) is 0 Å². The molecule has 114 valence electrons. The summed E-state index contributed by atoms with van der Waals surface area (Å²) in [4.78, 5) is 21.9. The number of primary sulfonamides is 1. The highest BCUT2D eigenvalue weighted by Gasteiger charge is 2.21. The van der Waals surface area contributed by atoms with Gasteiger partial charge in [0, 0.05) is 0 Å². The maximum Gasteiger partial charge on any atom is 0.411 e. The van der Waals surface area contributed by atoms with Gasteiger partial charge in [-0.05, 0) is 12.1 Å². The van der Waals surface area contributed by atoms with Gasteiger partial charge in [0.05, 0.1) is 16.3 Å². The zero-order chi connectivity index (χ0) is 16.2. The highest BCUT2D eigenvalue weighted by molar-refractivity contribution is 7.89. The molecule has 0 saturated heterocycles. The normalized spacial score (nSPS) is 10.8. The van der Waals surface area contributed by atoms with Gasteiger partial charge in [0.1, 0.15) is 11.5 Å². The van der Waals surface area contributed by atoms with Crippen molar-refractivity contribution in [2.24, 2.45) is 5.14 Å². The van der Waals surface area contributed by atoms with Gasteiger partial charge in [0.25, 0.3) is 0 Å². The zero-order valence-corrected chi connectivity index (χ0v) is 12.1. The lowest BCUT2D eigenvalue weighted by Gasteiger charge is -2.11. The fourth-order valence-corrected chi connectivity index (χ4v) is 2.43. The predicted octanol–water partition coefficient (Wildman–Crippen LogP) is 1.42. The summed E-state index contributed by atoms with van der Waals surface area (Å²) in [5, 5.41) is 15.8. The number of nitrogens with one attached hydrogen (secondary N) is 1. The predicted molar refractivity (Wildman–Crippen MR) is 75.0 cm³/mol. The van der Waals surface area contributed by atoms with Crippen molar-refractivity contribution in [2.75, 3.05) is 11.9 Å². The van der Waals surface area contributed by atoms with Gasteiger partial charge in [-0.15, -0.1) is 0 Å². The number of aromatic carboxylic acids is 1. The van der Waals surface area contributed by atoms with Crippen molar-refractivity contribution < 1.29 is 27.9 Å². The number of halogens is 1. The van der Waals surface area contributed by atoms with E-state index in [2.05, 4.69) is 16.6 Å². The molecule has 0 aromatic heterocycles. The molecule has 0 saturated carbocycles. The minimum Gasteiger partial charge on any atom is -0.478 e. The topological polar surface area (TPSA) is 136 Å². The van der Waals surface area contributed by atoms with Crippen LogP contribution in [0.2, 0.25) is 5.02 Å². The second-order valence-corrected chi connectivity index (χ2v) is 5.63. The fraction of sp³-hybridized carbons (Fsp3) is 0.0909. The Morgan fingerprint density at radius 3 is 2.57 bits per heavy atom. The molecule has 1 aromatic carbocycles. The second-order valence-electron chi connectivity index (χ2n) is 3.69. The van der Waals surface area contributed by atoms with E-state index in [1.807, 2.05) is 0 Å². The van der Waals surface area contributed by atoms with Gasteiger partial charge in [0.2, 0.25) is 10.0 Å². The molecule has 0 aliphatic rings. The van der Waals surface area contributed by atoms with Crippen LogP contribution < -0.4 is 10.5 Å². The standard InChI is InChI=1S/C11H11ClN2O6S/c1-2-3-20-11(17)14-8-5-7(12)9(21(13,18)19)4-6(8)10(15)16/h2,4-5H,1,3H2,(H,14,17)(H,15,16)(H2,13,18,19). The molecule has 1 aromatic rings.